The highest BCUT2D eigenvalue weighted by molar-refractivity contribution is 5.90. The van der Waals surface area contributed by atoms with Gasteiger partial charge >= 0.3 is 6.03 Å². The molecule has 2 heterocycles. The fraction of sp³-hybridized carbons (Fsp3) is 0.750. The summed E-state index contributed by atoms with van der Waals surface area (Å²) in [6.45, 7) is 5.68. The third-order valence-corrected chi connectivity index (χ3v) is 5.03. The predicted molar refractivity (Wildman–Crippen MR) is 88.3 cm³/mol. The second-order valence-electron chi connectivity index (χ2n) is 7.22. The molecule has 8 heteroatoms. The maximum Gasteiger partial charge on any atom is 0.317 e. The quantitative estimate of drug-likeness (QED) is 0.842. The number of rotatable bonds is 5. The SMILES string of the molecule is CC(C)[C@H](NC(=O)N1CCC(n2cc(C(N)=O)nn2)CC1)C1CC1. The van der Waals surface area contributed by atoms with Crippen LogP contribution in [0.4, 0.5) is 4.79 Å². The van der Waals surface area contributed by atoms with E-state index in [1.54, 1.807) is 10.9 Å². The summed E-state index contributed by atoms with van der Waals surface area (Å²) in [4.78, 5) is 25.5. The first kappa shape index (κ1) is 16.7. The summed E-state index contributed by atoms with van der Waals surface area (Å²) in [7, 11) is 0. The van der Waals surface area contributed by atoms with Gasteiger partial charge in [-0.25, -0.2) is 9.48 Å². The summed E-state index contributed by atoms with van der Waals surface area (Å²) < 4.78 is 1.69. The lowest BCUT2D eigenvalue weighted by Gasteiger charge is -2.34. The van der Waals surface area contributed by atoms with Gasteiger partial charge in [-0.1, -0.05) is 19.1 Å². The van der Waals surface area contributed by atoms with E-state index >= 15 is 0 Å². The van der Waals surface area contributed by atoms with E-state index in [4.69, 9.17) is 5.73 Å². The van der Waals surface area contributed by atoms with Crippen molar-refractivity contribution in [3.8, 4) is 0 Å². The Balaban J connectivity index is 1.52. The van der Waals surface area contributed by atoms with Crippen LogP contribution in [0.2, 0.25) is 0 Å². The van der Waals surface area contributed by atoms with Gasteiger partial charge in [0.05, 0.1) is 12.2 Å². The molecule has 0 aromatic carbocycles. The van der Waals surface area contributed by atoms with E-state index in [0.717, 1.165) is 12.8 Å². The zero-order valence-corrected chi connectivity index (χ0v) is 14.3. The zero-order valence-electron chi connectivity index (χ0n) is 14.3. The number of nitrogens with zero attached hydrogens (tertiary/aromatic N) is 4. The first-order valence-electron chi connectivity index (χ1n) is 8.72. The molecule has 1 aromatic rings. The third-order valence-electron chi connectivity index (χ3n) is 5.03. The first-order valence-corrected chi connectivity index (χ1v) is 8.72. The molecule has 1 saturated heterocycles. The van der Waals surface area contributed by atoms with E-state index in [-0.39, 0.29) is 23.8 Å². The van der Waals surface area contributed by atoms with Crippen LogP contribution in [-0.2, 0) is 0 Å². The highest BCUT2D eigenvalue weighted by Crippen LogP contribution is 2.35. The summed E-state index contributed by atoms with van der Waals surface area (Å²) in [6.07, 6.45) is 5.62. The Morgan fingerprint density at radius 2 is 1.92 bits per heavy atom. The van der Waals surface area contributed by atoms with Gasteiger partial charge in [-0.15, -0.1) is 5.10 Å². The number of piperidine rings is 1. The second-order valence-corrected chi connectivity index (χ2v) is 7.22. The van der Waals surface area contributed by atoms with Crippen LogP contribution in [0, 0.1) is 11.8 Å². The van der Waals surface area contributed by atoms with Crippen molar-refractivity contribution in [1.29, 1.82) is 0 Å². The van der Waals surface area contributed by atoms with E-state index in [1.165, 1.54) is 12.8 Å². The average Bonchev–Trinajstić information content (AvgIpc) is 3.27. The monoisotopic (exact) mass is 334 g/mol. The van der Waals surface area contributed by atoms with Crippen molar-refractivity contribution in [2.24, 2.45) is 17.6 Å². The molecule has 1 aliphatic carbocycles. The molecule has 3 N–H and O–H groups in total. The Hall–Kier alpha value is -2.12. The number of nitrogens with two attached hydrogens (primary N) is 1. The Labute approximate surface area is 141 Å². The maximum atomic E-state index is 12.5. The molecule has 3 amide bonds. The van der Waals surface area contributed by atoms with Crippen molar-refractivity contribution in [3.63, 3.8) is 0 Å². The molecular weight excluding hydrogens is 308 g/mol. The Morgan fingerprint density at radius 3 is 2.42 bits per heavy atom. The predicted octanol–water partition coefficient (Wildman–Crippen LogP) is 1.16. The minimum absolute atomic E-state index is 0.0375. The van der Waals surface area contributed by atoms with Gasteiger partial charge in [0, 0.05) is 19.1 Å². The Bertz CT molecular complexity index is 599. The number of hydrogen-bond acceptors (Lipinski definition) is 4. The lowest BCUT2D eigenvalue weighted by Crippen LogP contribution is -2.50. The summed E-state index contributed by atoms with van der Waals surface area (Å²) >= 11 is 0. The third kappa shape index (κ3) is 3.68. The molecule has 1 aliphatic heterocycles. The van der Waals surface area contributed by atoms with Crippen molar-refractivity contribution in [1.82, 2.24) is 25.2 Å². The smallest absolute Gasteiger partial charge is 0.317 e. The van der Waals surface area contributed by atoms with Gasteiger partial charge in [-0.3, -0.25) is 4.79 Å². The van der Waals surface area contributed by atoms with E-state index in [2.05, 4.69) is 29.5 Å². The molecule has 1 atom stereocenters. The summed E-state index contributed by atoms with van der Waals surface area (Å²) in [5.74, 6) is 0.535. The highest BCUT2D eigenvalue weighted by atomic mass is 16.2. The molecule has 3 rings (SSSR count). The standard InChI is InChI=1S/C16H26N6O2/c1-10(2)14(11-3-4-11)18-16(24)21-7-5-12(6-8-21)22-9-13(15(17)23)19-20-22/h9-12,14H,3-8H2,1-2H3,(H2,17,23)(H,18,24)/t14-/m0/s1. The van der Waals surface area contributed by atoms with Gasteiger partial charge in [0.1, 0.15) is 0 Å². The number of amides is 3. The van der Waals surface area contributed by atoms with Crippen LogP contribution >= 0.6 is 0 Å². The van der Waals surface area contributed by atoms with E-state index < -0.39 is 5.91 Å². The topological polar surface area (TPSA) is 106 Å². The van der Waals surface area contributed by atoms with Gasteiger partial charge in [-0.05, 0) is 37.5 Å². The number of carbonyl (C=O) groups excluding carboxylic acids is 2. The minimum atomic E-state index is -0.571. The zero-order chi connectivity index (χ0) is 17.3. The van der Waals surface area contributed by atoms with Gasteiger partial charge in [0.2, 0.25) is 0 Å². The molecule has 0 unspecified atom stereocenters. The molecule has 0 spiro atoms. The number of nitrogens with one attached hydrogen (secondary N) is 1. The Kier molecular flexibility index (Phi) is 4.73. The lowest BCUT2D eigenvalue weighted by molar-refractivity contribution is 0.0995. The number of likely N-dealkylation sites (tertiary alicyclic amines) is 1. The molecule has 24 heavy (non-hydrogen) atoms. The summed E-state index contributed by atoms with van der Waals surface area (Å²) in [6, 6.07) is 0.470. The van der Waals surface area contributed by atoms with Crippen molar-refractivity contribution < 1.29 is 9.59 Å². The Morgan fingerprint density at radius 1 is 1.25 bits per heavy atom. The van der Waals surface area contributed by atoms with Crippen LogP contribution in [0.1, 0.15) is 56.1 Å². The average molecular weight is 334 g/mol. The number of primary amides is 1. The van der Waals surface area contributed by atoms with E-state index in [1.807, 2.05) is 4.90 Å². The lowest BCUT2D eigenvalue weighted by atomic mass is 9.99. The molecule has 1 aromatic heterocycles. The van der Waals surface area contributed by atoms with Crippen LogP contribution in [0.3, 0.4) is 0 Å². The summed E-state index contributed by atoms with van der Waals surface area (Å²) in [5, 5.41) is 11.0. The number of carbonyl (C=O) groups is 2. The molecule has 132 valence electrons. The fourth-order valence-corrected chi connectivity index (χ4v) is 3.42. The number of hydrogen-bond donors (Lipinski definition) is 2. The summed E-state index contributed by atoms with van der Waals surface area (Å²) in [5.41, 5.74) is 5.38. The second kappa shape index (κ2) is 6.78. The van der Waals surface area contributed by atoms with Gasteiger partial charge < -0.3 is 16.0 Å². The van der Waals surface area contributed by atoms with Crippen molar-refractivity contribution >= 4 is 11.9 Å². The molecule has 8 nitrogen and oxygen atoms in total. The van der Waals surface area contributed by atoms with Crippen molar-refractivity contribution in [2.75, 3.05) is 13.1 Å². The van der Waals surface area contributed by atoms with Crippen LogP contribution in [0.5, 0.6) is 0 Å². The maximum absolute atomic E-state index is 12.5. The van der Waals surface area contributed by atoms with Crippen LogP contribution in [0.25, 0.3) is 0 Å². The minimum Gasteiger partial charge on any atom is -0.364 e. The van der Waals surface area contributed by atoms with Gasteiger partial charge in [-0.2, -0.15) is 0 Å². The van der Waals surface area contributed by atoms with Crippen LogP contribution in [0.15, 0.2) is 6.20 Å². The van der Waals surface area contributed by atoms with Crippen LogP contribution in [-0.4, -0.2) is 51.0 Å². The molecular formula is C16H26N6O2. The first-order chi connectivity index (χ1) is 11.5. The van der Waals surface area contributed by atoms with E-state index in [0.29, 0.717) is 24.9 Å². The number of aromatic nitrogens is 3. The molecule has 0 bridgehead atoms. The molecule has 0 radical (unpaired) electrons. The highest BCUT2D eigenvalue weighted by Gasteiger charge is 2.35. The normalized spacial score (nSPS) is 20.2. The van der Waals surface area contributed by atoms with Crippen molar-refractivity contribution in [2.45, 2.75) is 51.6 Å². The molecule has 2 fully saturated rings. The number of urea groups is 1. The molecule has 1 saturated carbocycles. The van der Waals surface area contributed by atoms with Gasteiger partial charge in [0.15, 0.2) is 5.69 Å². The van der Waals surface area contributed by atoms with Crippen LogP contribution < -0.4 is 11.1 Å². The largest absolute Gasteiger partial charge is 0.364 e. The molecule has 2 aliphatic rings. The van der Waals surface area contributed by atoms with Gasteiger partial charge in [0.25, 0.3) is 5.91 Å². The fourth-order valence-electron chi connectivity index (χ4n) is 3.42. The van der Waals surface area contributed by atoms with Crippen molar-refractivity contribution in [3.05, 3.63) is 11.9 Å². The van der Waals surface area contributed by atoms with E-state index in [9.17, 15) is 9.59 Å².